The zero-order valence-corrected chi connectivity index (χ0v) is 16.4. The highest BCUT2D eigenvalue weighted by Crippen LogP contribution is 2.48. The summed E-state index contributed by atoms with van der Waals surface area (Å²) in [6, 6.07) is 7.63. The molecular weight excluding hydrogens is 492 g/mol. The van der Waals surface area contributed by atoms with Crippen LogP contribution in [0, 0.1) is 0 Å². The summed E-state index contributed by atoms with van der Waals surface area (Å²) in [5.41, 5.74) is -4.42. The number of carbonyl (C=O) groups excluding carboxylic acids is 1. The summed E-state index contributed by atoms with van der Waals surface area (Å²) < 4.78 is 131. The van der Waals surface area contributed by atoms with Crippen LogP contribution in [0.25, 0.3) is 21.7 Å². The molecule has 0 saturated heterocycles. The first-order valence-electron chi connectivity index (χ1n) is 9.13. The first-order valence-corrected chi connectivity index (χ1v) is 9.13. The second kappa shape index (κ2) is 7.87. The zero-order chi connectivity index (χ0) is 25.9. The van der Waals surface area contributed by atoms with Gasteiger partial charge in [0.25, 0.3) is 11.3 Å². The van der Waals surface area contributed by atoms with Crippen molar-refractivity contribution in [3.05, 3.63) is 52.3 Å². The molecule has 0 fully saturated rings. The van der Waals surface area contributed by atoms with Crippen LogP contribution in [0.2, 0.25) is 0 Å². The minimum absolute atomic E-state index is 0.0377. The van der Waals surface area contributed by atoms with Crippen molar-refractivity contribution in [2.45, 2.75) is 37.2 Å². The number of hydrogen-bond acceptors (Lipinski definition) is 3. The second-order valence-electron chi connectivity index (χ2n) is 7.22. The van der Waals surface area contributed by atoms with E-state index in [9.17, 15) is 58.6 Å². The zero-order valence-electron chi connectivity index (χ0n) is 16.4. The van der Waals surface area contributed by atoms with Crippen molar-refractivity contribution in [2.75, 3.05) is 0 Å². The molecule has 3 aromatic rings. The minimum Gasteiger partial charge on any atom is -0.506 e. The molecule has 14 heteroatoms. The topological polar surface area (TPSA) is 59.3 Å². The van der Waals surface area contributed by atoms with E-state index in [-0.39, 0.29) is 15.3 Å². The number of aromatic nitrogens is 1. The number of ketones is 1. The van der Waals surface area contributed by atoms with E-state index in [4.69, 9.17) is 0 Å². The first-order chi connectivity index (χ1) is 15.4. The SMILES string of the molecule is O=C(c1c(O)c2ccc3ccccc3c2n(CCC(F)(F)C(F)(F)C(F)(F)F)c1=O)C(F)(F)F. The smallest absolute Gasteiger partial charge is 0.459 e. The molecule has 184 valence electrons. The van der Waals surface area contributed by atoms with Crippen LogP contribution in [0.5, 0.6) is 5.75 Å². The van der Waals surface area contributed by atoms with Gasteiger partial charge in [-0.3, -0.25) is 9.59 Å². The van der Waals surface area contributed by atoms with Gasteiger partial charge in [-0.1, -0.05) is 30.3 Å². The summed E-state index contributed by atoms with van der Waals surface area (Å²) in [5, 5.41) is 9.86. The summed E-state index contributed by atoms with van der Waals surface area (Å²) in [7, 11) is 0. The molecule has 1 N–H and O–H groups in total. The van der Waals surface area contributed by atoms with Gasteiger partial charge in [-0.25, -0.2) is 0 Å². The number of pyridine rings is 1. The molecule has 1 heterocycles. The fourth-order valence-electron chi connectivity index (χ4n) is 3.39. The van der Waals surface area contributed by atoms with Crippen molar-refractivity contribution >= 4 is 27.5 Å². The lowest BCUT2D eigenvalue weighted by Gasteiger charge is -2.28. The van der Waals surface area contributed by atoms with Crippen LogP contribution in [0.1, 0.15) is 16.8 Å². The number of aromatic hydroxyl groups is 1. The molecule has 0 amide bonds. The molecule has 4 nitrogen and oxygen atoms in total. The van der Waals surface area contributed by atoms with E-state index in [2.05, 4.69) is 0 Å². The fourth-order valence-corrected chi connectivity index (χ4v) is 3.39. The van der Waals surface area contributed by atoms with E-state index in [0.29, 0.717) is 0 Å². The highest BCUT2D eigenvalue weighted by atomic mass is 19.4. The molecule has 0 aliphatic rings. The van der Waals surface area contributed by atoms with E-state index in [1.165, 1.54) is 30.3 Å². The van der Waals surface area contributed by atoms with Gasteiger partial charge >= 0.3 is 24.2 Å². The van der Waals surface area contributed by atoms with Crippen LogP contribution < -0.4 is 5.56 Å². The maximum atomic E-state index is 13.9. The molecular formula is C20H11F10NO3. The number of benzene rings is 2. The van der Waals surface area contributed by atoms with Gasteiger partial charge in [-0.05, 0) is 11.5 Å². The Balaban J connectivity index is 2.32. The summed E-state index contributed by atoms with van der Waals surface area (Å²) in [6.07, 6.45) is -14.7. The lowest BCUT2D eigenvalue weighted by atomic mass is 10.0. The molecule has 34 heavy (non-hydrogen) atoms. The van der Waals surface area contributed by atoms with Gasteiger partial charge in [-0.2, -0.15) is 43.9 Å². The Morgan fingerprint density at radius 3 is 2.00 bits per heavy atom. The van der Waals surface area contributed by atoms with Gasteiger partial charge in [-0.15, -0.1) is 0 Å². The maximum absolute atomic E-state index is 13.9. The third-order valence-corrected chi connectivity index (χ3v) is 5.07. The minimum atomic E-state index is -6.66. The number of Topliss-reactive ketones (excluding diaryl/α,β-unsaturated/α-hetero) is 1. The van der Waals surface area contributed by atoms with Gasteiger partial charge in [0, 0.05) is 23.7 Å². The Bertz CT molecular complexity index is 1340. The number of aryl methyl sites for hydroxylation is 1. The van der Waals surface area contributed by atoms with E-state index < -0.39 is 70.7 Å². The van der Waals surface area contributed by atoms with Crippen LogP contribution in [0.3, 0.4) is 0 Å². The highest BCUT2D eigenvalue weighted by Gasteiger charge is 2.72. The van der Waals surface area contributed by atoms with Gasteiger partial charge in [0.1, 0.15) is 11.3 Å². The van der Waals surface area contributed by atoms with Crippen molar-refractivity contribution in [3.63, 3.8) is 0 Å². The number of hydrogen-bond donors (Lipinski definition) is 1. The van der Waals surface area contributed by atoms with Crippen molar-refractivity contribution in [1.82, 2.24) is 4.57 Å². The Labute approximate surface area is 182 Å². The maximum Gasteiger partial charge on any atom is 0.459 e. The third-order valence-electron chi connectivity index (χ3n) is 5.07. The Hall–Kier alpha value is -3.32. The summed E-state index contributed by atoms with van der Waals surface area (Å²) in [5.74, 6) is -16.6. The molecule has 0 unspecified atom stereocenters. The molecule has 2 aromatic carbocycles. The quantitative estimate of drug-likeness (QED) is 0.271. The van der Waals surface area contributed by atoms with E-state index in [0.717, 1.165) is 6.07 Å². The molecule has 0 bridgehead atoms. The average Bonchev–Trinajstić information content (AvgIpc) is 2.71. The normalized spacial score (nSPS) is 13.6. The van der Waals surface area contributed by atoms with Crippen LogP contribution in [0.15, 0.2) is 41.2 Å². The van der Waals surface area contributed by atoms with E-state index in [1.54, 1.807) is 0 Å². The number of carbonyl (C=O) groups is 1. The van der Waals surface area contributed by atoms with Crippen molar-refractivity contribution in [1.29, 1.82) is 0 Å². The molecule has 0 saturated carbocycles. The molecule has 0 atom stereocenters. The van der Waals surface area contributed by atoms with E-state index in [1.807, 2.05) is 0 Å². The summed E-state index contributed by atoms with van der Waals surface area (Å²) in [4.78, 5) is 24.5. The van der Waals surface area contributed by atoms with Gasteiger partial charge in [0.2, 0.25) is 0 Å². The van der Waals surface area contributed by atoms with Gasteiger partial charge < -0.3 is 9.67 Å². The average molecular weight is 503 g/mol. The third kappa shape index (κ3) is 3.94. The fraction of sp³-hybridized carbons (Fsp3) is 0.300. The molecule has 0 aliphatic heterocycles. The van der Waals surface area contributed by atoms with Crippen LogP contribution in [-0.2, 0) is 6.54 Å². The van der Waals surface area contributed by atoms with Crippen molar-refractivity contribution in [2.24, 2.45) is 0 Å². The van der Waals surface area contributed by atoms with Gasteiger partial charge in [0.15, 0.2) is 0 Å². The highest BCUT2D eigenvalue weighted by molar-refractivity contribution is 6.12. The Morgan fingerprint density at radius 2 is 1.44 bits per heavy atom. The number of alkyl halides is 10. The number of fused-ring (bicyclic) bond motifs is 3. The van der Waals surface area contributed by atoms with Crippen molar-refractivity contribution < 1.29 is 53.8 Å². The number of nitrogens with zero attached hydrogens (tertiary/aromatic N) is 1. The molecule has 1 aromatic heterocycles. The largest absolute Gasteiger partial charge is 0.506 e. The predicted octanol–water partition coefficient (Wildman–Crippen LogP) is 5.83. The first kappa shape index (κ1) is 25.3. The lowest BCUT2D eigenvalue weighted by molar-refractivity contribution is -0.356. The molecule has 0 aliphatic carbocycles. The summed E-state index contributed by atoms with van der Waals surface area (Å²) in [6.45, 7) is -1.64. The molecule has 0 radical (unpaired) electrons. The molecule has 0 spiro atoms. The van der Waals surface area contributed by atoms with E-state index >= 15 is 0 Å². The molecule has 3 rings (SSSR count). The number of halogens is 10. The van der Waals surface area contributed by atoms with Crippen molar-refractivity contribution in [3.8, 4) is 5.75 Å². The monoisotopic (exact) mass is 503 g/mol. The lowest BCUT2D eigenvalue weighted by Crippen LogP contribution is -2.52. The standard InChI is InChI=1S/C20H11F10NO3/c21-17(22,19(26,27)20(28,29)30)7-8-31-13-10-4-2-1-3-9(10)5-6-11(13)14(32)12(16(31)34)15(33)18(23,24)25/h1-6,32H,7-8H2. The Morgan fingerprint density at radius 1 is 0.853 bits per heavy atom. The number of rotatable bonds is 5. The summed E-state index contributed by atoms with van der Waals surface area (Å²) >= 11 is 0. The Kier molecular flexibility index (Phi) is 5.86. The second-order valence-corrected chi connectivity index (χ2v) is 7.22. The van der Waals surface area contributed by atoms with Crippen LogP contribution >= 0.6 is 0 Å². The van der Waals surface area contributed by atoms with Crippen LogP contribution in [-0.4, -0.2) is 39.7 Å². The van der Waals surface area contributed by atoms with Crippen LogP contribution in [0.4, 0.5) is 43.9 Å². The predicted molar refractivity (Wildman–Crippen MR) is 98.3 cm³/mol. The van der Waals surface area contributed by atoms with Gasteiger partial charge in [0.05, 0.1) is 5.52 Å².